The van der Waals surface area contributed by atoms with E-state index in [0.717, 1.165) is 21.9 Å². The van der Waals surface area contributed by atoms with Gasteiger partial charge in [-0.15, -0.1) is 0 Å². The molecule has 2 aromatic rings. The molecule has 1 aliphatic carbocycles. The lowest BCUT2D eigenvalue weighted by molar-refractivity contribution is 0.520. The average molecular weight is 235 g/mol. The minimum atomic E-state index is 0.602. The summed E-state index contributed by atoms with van der Waals surface area (Å²) in [4.78, 5) is 4.60. The largest absolute Gasteiger partial charge is 0.324 e. The van der Waals surface area contributed by atoms with Crippen molar-refractivity contribution in [1.82, 2.24) is 9.55 Å². The first kappa shape index (κ1) is 10.2. The smallest absolute Gasteiger partial charge is 0.107 e. The maximum absolute atomic E-state index is 6.29. The van der Waals surface area contributed by atoms with Crippen molar-refractivity contribution in [3.63, 3.8) is 0 Å². The van der Waals surface area contributed by atoms with E-state index >= 15 is 0 Å². The van der Waals surface area contributed by atoms with Crippen LogP contribution in [0.3, 0.4) is 0 Å². The fourth-order valence-corrected chi connectivity index (χ4v) is 3.09. The fraction of sp³-hybridized carbons (Fsp3) is 0.462. The van der Waals surface area contributed by atoms with E-state index in [2.05, 4.69) is 16.5 Å². The van der Waals surface area contributed by atoms with Gasteiger partial charge in [-0.1, -0.05) is 30.5 Å². The van der Waals surface area contributed by atoms with Gasteiger partial charge in [0.2, 0.25) is 0 Å². The number of aryl methyl sites for hydroxylation is 1. The number of aromatic nitrogens is 2. The first-order valence-electron chi connectivity index (χ1n) is 5.90. The standard InChI is InChI=1S/C13H15ClN2/c1-9-15-12-8-4-7-11(14)13(12)16(9)10-5-2-3-6-10/h4,7-8,10H,2-3,5-6H2,1H3. The molecule has 0 radical (unpaired) electrons. The minimum absolute atomic E-state index is 0.602. The maximum atomic E-state index is 6.29. The van der Waals surface area contributed by atoms with Gasteiger partial charge < -0.3 is 4.57 Å². The van der Waals surface area contributed by atoms with Crippen LogP contribution in [0.1, 0.15) is 37.5 Å². The number of nitrogens with zero attached hydrogens (tertiary/aromatic N) is 2. The zero-order valence-electron chi connectivity index (χ0n) is 9.41. The number of imidazole rings is 1. The molecular formula is C13H15ClN2. The van der Waals surface area contributed by atoms with E-state index in [1.807, 2.05) is 18.2 Å². The highest BCUT2D eigenvalue weighted by atomic mass is 35.5. The monoisotopic (exact) mass is 234 g/mol. The van der Waals surface area contributed by atoms with Crippen LogP contribution in [0, 0.1) is 6.92 Å². The highest BCUT2D eigenvalue weighted by Crippen LogP contribution is 2.35. The number of hydrogen-bond acceptors (Lipinski definition) is 1. The molecule has 0 amide bonds. The third-order valence-corrected chi connectivity index (χ3v) is 3.83. The summed E-state index contributed by atoms with van der Waals surface area (Å²) in [6.07, 6.45) is 5.18. The van der Waals surface area contributed by atoms with Crippen molar-refractivity contribution < 1.29 is 0 Å². The fourth-order valence-electron chi connectivity index (χ4n) is 2.83. The summed E-state index contributed by atoms with van der Waals surface area (Å²) >= 11 is 6.29. The van der Waals surface area contributed by atoms with Crippen molar-refractivity contribution in [1.29, 1.82) is 0 Å². The van der Waals surface area contributed by atoms with Gasteiger partial charge in [-0.2, -0.15) is 0 Å². The Morgan fingerprint density at radius 3 is 2.81 bits per heavy atom. The van der Waals surface area contributed by atoms with Crippen molar-refractivity contribution in [2.24, 2.45) is 0 Å². The van der Waals surface area contributed by atoms with Crippen LogP contribution in [0.15, 0.2) is 18.2 Å². The van der Waals surface area contributed by atoms with Gasteiger partial charge in [0.1, 0.15) is 5.82 Å². The van der Waals surface area contributed by atoms with E-state index in [1.165, 1.54) is 25.7 Å². The van der Waals surface area contributed by atoms with Gasteiger partial charge in [-0.3, -0.25) is 0 Å². The molecule has 3 rings (SSSR count). The molecule has 0 atom stereocenters. The lowest BCUT2D eigenvalue weighted by atomic mass is 10.2. The third kappa shape index (κ3) is 1.44. The number of fused-ring (bicyclic) bond motifs is 1. The molecule has 1 aliphatic rings. The highest BCUT2D eigenvalue weighted by molar-refractivity contribution is 6.35. The molecule has 0 aliphatic heterocycles. The molecule has 0 unspecified atom stereocenters. The van der Waals surface area contributed by atoms with Crippen LogP contribution in [0.5, 0.6) is 0 Å². The zero-order chi connectivity index (χ0) is 11.1. The van der Waals surface area contributed by atoms with E-state index in [0.29, 0.717) is 6.04 Å². The molecule has 0 bridgehead atoms. The summed E-state index contributed by atoms with van der Waals surface area (Å²) < 4.78 is 2.34. The summed E-state index contributed by atoms with van der Waals surface area (Å²) in [5, 5.41) is 0.824. The van der Waals surface area contributed by atoms with Crippen molar-refractivity contribution in [3.05, 3.63) is 29.0 Å². The summed E-state index contributed by atoms with van der Waals surface area (Å²) in [5.74, 6) is 1.09. The molecule has 1 heterocycles. The van der Waals surface area contributed by atoms with Gasteiger partial charge in [-0.05, 0) is 31.9 Å². The Morgan fingerprint density at radius 2 is 2.06 bits per heavy atom. The normalized spacial score (nSPS) is 17.4. The number of rotatable bonds is 1. The summed E-state index contributed by atoms with van der Waals surface area (Å²) in [7, 11) is 0. The highest BCUT2D eigenvalue weighted by Gasteiger charge is 2.21. The number of para-hydroxylation sites is 1. The SMILES string of the molecule is Cc1nc2cccc(Cl)c2n1C1CCCC1. The molecule has 1 aromatic heterocycles. The van der Waals surface area contributed by atoms with Gasteiger partial charge in [0, 0.05) is 6.04 Å². The third-order valence-electron chi connectivity index (χ3n) is 3.53. The summed E-state index contributed by atoms with van der Waals surface area (Å²) in [6, 6.07) is 6.57. The quantitative estimate of drug-likeness (QED) is 0.726. The lowest BCUT2D eigenvalue weighted by Crippen LogP contribution is -2.06. The predicted molar refractivity (Wildman–Crippen MR) is 67.0 cm³/mol. The molecule has 84 valence electrons. The van der Waals surface area contributed by atoms with E-state index in [4.69, 9.17) is 11.6 Å². The molecule has 0 saturated heterocycles. The van der Waals surface area contributed by atoms with E-state index in [9.17, 15) is 0 Å². The van der Waals surface area contributed by atoms with Gasteiger partial charge >= 0.3 is 0 Å². The van der Waals surface area contributed by atoms with Gasteiger partial charge in [-0.25, -0.2) is 4.98 Å². The second-order valence-electron chi connectivity index (χ2n) is 4.57. The van der Waals surface area contributed by atoms with E-state index < -0.39 is 0 Å². The Morgan fingerprint density at radius 1 is 1.31 bits per heavy atom. The molecule has 0 spiro atoms. The molecule has 0 N–H and O–H groups in total. The second kappa shape index (κ2) is 3.77. The van der Waals surface area contributed by atoms with Gasteiger partial charge in [0.25, 0.3) is 0 Å². The van der Waals surface area contributed by atoms with Crippen molar-refractivity contribution in [2.45, 2.75) is 38.6 Å². The molecule has 2 nitrogen and oxygen atoms in total. The molecule has 1 saturated carbocycles. The number of hydrogen-bond donors (Lipinski definition) is 0. The average Bonchev–Trinajstić information content (AvgIpc) is 2.84. The predicted octanol–water partition coefficient (Wildman–Crippen LogP) is 4.11. The van der Waals surface area contributed by atoms with Crippen LogP contribution in [0.25, 0.3) is 11.0 Å². The van der Waals surface area contributed by atoms with E-state index in [-0.39, 0.29) is 0 Å². The Kier molecular flexibility index (Phi) is 2.40. The molecule has 1 aromatic carbocycles. The summed E-state index contributed by atoms with van der Waals surface area (Å²) in [6.45, 7) is 2.08. The Hall–Kier alpha value is -1.02. The first-order chi connectivity index (χ1) is 7.77. The van der Waals surface area contributed by atoms with Crippen molar-refractivity contribution >= 4 is 22.6 Å². The van der Waals surface area contributed by atoms with Gasteiger partial charge in [0.15, 0.2) is 0 Å². The topological polar surface area (TPSA) is 17.8 Å². The zero-order valence-corrected chi connectivity index (χ0v) is 10.2. The van der Waals surface area contributed by atoms with Crippen LogP contribution in [0.4, 0.5) is 0 Å². The lowest BCUT2D eigenvalue weighted by Gasteiger charge is -2.15. The number of halogens is 1. The Labute approximate surface area is 100 Å². The number of benzene rings is 1. The van der Waals surface area contributed by atoms with Crippen LogP contribution in [-0.4, -0.2) is 9.55 Å². The second-order valence-corrected chi connectivity index (χ2v) is 4.98. The van der Waals surface area contributed by atoms with Crippen molar-refractivity contribution in [2.75, 3.05) is 0 Å². The van der Waals surface area contributed by atoms with Gasteiger partial charge in [0.05, 0.1) is 16.1 Å². The van der Waals surface area contributed by atoms with Crippen LogP contribution < -0.4 is 0 Å². The molecule has 3 heteroatoms. The minimum Gasteiger partial charge on any atom is -0.324 e. The Bertz CT molecular complexity index is 524. The molecule has 16 heavy (non-hydrogen) atoms. The first-order valence-corrected chi connectivity index (χ1v) is 6.28. The van der Waals surface area contributed by atoms with Crippen molar-refractivity contribution in [3.8, 4) is 0 Å². The summed E-state index contributed by atoms with van der Waals surface area (Å²) in [5.41, 5.74) is 2.14. The molecular weight excluding hydrogens is 220 g/mol. The molecule has 1 fully saturated rings. The van der Waals surface area contributed by atoms with E-state index in [1.54, 1.807) is 0 Å². The van der Waals surface area contributed by atoms with Crippen LogP contribution in [0.2, 0.25) is 5.02 Å². The Balaban J connectivity index is 2.25. The maximum Gasteiger partial charge on any atom is 0.107 e. The van der Waals surface area contributed by atoms with Crippen LogP contribution >= 0.6 is 11.6 Å². The van der Waals surface area contributed by atoms with Crippen LogP contribution in [-0.2, 0) is 0 Å².